The molecule has 20 heteroatoms. The van der Waals surface area contributed by atoms with Gasteiger partial charge in [0, 0.05) is 5.41 Å². The first kappa shape index (κ1) is 39.8. The molecule has 0 aromatic carbocycles. The number of esters is 1. The second kappa shape index (κ2) is 11.4. The number of ether oxygens (including phenoxy) is 1. The molecule has 0 heterocycles. The highest BCUT2D eigenvalue weighted by molar-refractivity contribution is 5.76. The first-order chi connectivity index (χ1) is 18.1. The Kier molecular flexibility index (Phi) is 10.8. The highest BCUT2D eigenvalue weighted by Crippen LogP contribution is 2.64. The summed E-state index contributed by atoms with van der Waals surface area (Å²) < 4.78 is 231. The lowest BCUT2D eigenvalue weighted by atomic mass is 9.76. The third-order valence-corrected chi connectivity index (χ3v) is 6.79. The van der Waals surface area contributed by atoms with E-state index in [0.717, 1.165) is 6.92 Å². The van der Waals surface area contributed by atoms with Crippen LogP contribution in [0.4, 0.5) is 74.6 Å². The van der Waals surface area contributed by atoms with Crippen LogP contribution in [0.5, 0.6) is 0 Å². The fraction of sp³-hybridized carbons (Fsp3) is 0.864. The summed E-state index contributed by atoms with van der Waals surface area (Å²) >= 11 is 0. The Morgan fingerprint density at radius 3 is 1.31 bits per heavy atom. The van der Waals surface area contributed by atoms with Gasteiger partial charge in [-0.1, -0.05) is 27.4 Å². The predicted molar refractivity (Wildman–Crippen MR) is 109 cm³/mol. The molecule has 0 aliphatic carbocycles. The van der Waals surface area contributed by atoms with Crippen molar-refractivity contribution in [1.29, 1.82) is 0 Å². The summed E-state index contributed by atoms with van der Waals surface area (Å²) in [5.74, 6) is -58.8. The van der Waals surface area contributed by atoms with Crippen LogP contribution < -0.4 is 0 Å². The lowest BCUT2D eigenvalue weighted by Crippen LogP contribution is -2.74. The van der Waals surface area contributed by atoms with Crippen molar-refractivity contribution in [3.05, 3.63) is 12.3 Å². The monoisotopic (exact) mass is 660 g/mol. The van der Waals surface area contributed by atoms with Gasteiger partial charge in [0.1, 0.15) is 0 Å². The van der Waals surface area contributed by atoms with Crippen molar-refractivity contribution in [2.45, 2.75) is 101 Å². The van der Waals surface area contributed by atoms with Crippen LogP contribution in [-0.4, -0.2) is 65.3 Å². The van der Waals surface area contributed by atoms with Crippen molar-refractivity contribution >= 4 is 5.97 Å². The highest BCUT2D eigenvalue weighted by atomic mass is 19.4. The molecule has 0 aromatic rings. The number of carbonyl (C=O) groups excluding carboxylic acids is 1. The van der Waals surface area contributed by atoms with Crippen LogP contribution >= 0.6 is 0 Å². The van der Waals surface area contributed by atoms with Gasteiger partial charge in [0.05, 0.1) is 24.2 Å². The van der Waals surface area contributed by atoms with Crippen LogP contribution in [0.3, 0.4) is 0 Å². The van der Waals surface area contributed by atoms with Crippen molar-refractivity contribution < 1.29 is 89.3 Å². The minimum atomic E-state index is -8.70. The van der Waals surface area contributed by atoms with Gasteiger partial charge in [0.2, 0.25) is 0 Å². The van der Waals surface area contributed by atoms with Crippen LogP contribution in [0.25, 0.3) is 0 Å². The zero-order chi connectivity index (χ0) is 34.4. The molecule has 0 aliphatic rings. The number of halogens is 17. The SMILES string of the molecule is C=C(O)C(C)(C)CCC(C)(CC)C(=O)OCCC(F)(F)C(F)(F)C(F)(F)C(F)(F)C(F)(F)C(F)(F)C(F)(F)C(F)(F)F. The van der Waals surface area contributed by atoms with Crippen LogP contribution in [0.2, 0.25) is 0 Å². The molecular weight excluding hydrogens is 635 g/mol. The van der Waals surface area contributed by atoms with Crippen molar-refractivity contribution in [1.82, 2.24) is 0 Å². The zero-order valence-corrected chi connectivity index (χ0v) is 21.9. The summed E-state index contributed by atoms with van der Waals surface area (Å²) in [7, 11) is 0. The van der Waals surface area contributed by atoms with Crippen molar-refractivity contribution in [3.8, 4) is 0 Å². The first-order valence-corrected chi connectivity index (χ1v) is 11.4. The van der Waals surface area contributed by atoms with Crippen LogP contribution in [0, 0.1) is 10.8 Å². The lowest BCUT2D eigenvalue weighted by Gasteiger charge is -2.42. The van der Waals surface area contributed by atoms with Gasteiger partial charge in [0.15, 0.2) is 0 Å². The number of hydrogen-bond donors (Lipinski definition) is 1. The third-order valence-electron chi connectivity index (χ3n) is 6.79. The summed E-state index contributed by atoms with van der Waals surface area (Å²) in [4.78, 5) is 12.3. The molecule has 1 unspecified atom stereocenters. The first-order valence-electron chi connectivity index (χ1n) is 11.4. The van der Waals surface area contributed by atoms with E-state index in [4.69, 9.17) is 0 Å². The molecule has 250 valence electrons. The molecule has 0 spiro atoms. The topological polar surface area (TPSA) is 46.5 Å². The fourth-order valence-electron chi connectivity index (χ4n) is 2.96. The van der Waals surface area contributed by atoms with Gasteiger partial charge in [-0.3, -0.25) is 4.79 Å². The average molecular weight is 660 g/mol. The Bertz CT molecular complexity index is 985. The summed E-state index contributed by atoms with van der Waals surface area (Å²) in [6, 6.07) is 0. The van der Waals surface area contributed by atoms with Crippen molar-refractivity contribution in [3.63, 3.8) is 0 Å². The Balaban J connectivity index is 6.13. The van der Waals surface area contributed by atoms with Crippen LogP contribution in [0.1, 0.15) is 53.4 Å². The molecule has 0 saturated carbocycles. The molecule has 0 fully saturated rings. The predicted octanol–water partition coefficient (Wildman–Crippen LogP) is 9.22. The normalized spacial score (nSPS) is 16.7. The highest BCUT2D eigenvalue weighted by Gasteiger charge is 2.95. The average Bonchev–Trinajstić information content (AvgIpc) is 2.80. The maximum atomic E-state index is 14.0. The number of rotatable bonds is 15. The molecule has 3 nitrogen and oxygen atoms in total. The van der Waals surface area contributed by atoms with E-state index >= 15 is 0 Å². The van der Waals surface area contributed by atoms with E-state index in [9.17, 15) is 84.5 Å². The van der Waals surface area contributed by atoms with Crippen molar-refractivity contribution in [2.75, 3.05) is 6.61 Å². The molecule has 42 heavy (non-hydrogen) atoms. The molecule has 0 amide bonds. The maximum absolute atomic E-state index is 14.0. The van der Waals surface area contributed by atoms with E-state index in [2.05, 4.69) is 11.3 Å². The van der Waals surface area contributed by atoms with Gasteiger partial charge in [-0.15, -0.1) is 0 Å². The van der Waals surface area contributed by atoms with Gasteiger partial charge in [-0.2, -0.15) is 74.6 Å². The molecular formula is C22H25F17O3. The standard InChI is InChI=1S/C22H25F17O3/c1-6-14(5,8-7-13(3,4)11(2)40)12(41)42-10-9-15(23,24)16(25,26)17(27,28)18(29,30)19(31,32)20(33,34)21(35,36)22(37,38)39/h40H,2,6-10H2,1,3-5H3. The molecule has 0 rings (SSSR count). The zero-order valence-electron chi connectivity index (χ0n) is 21.9. The van der Waals surface area contributed by atoms with E-state index in [-0.39, 0.29) is 25.0 Å². The summed E-state index contributed by atoms with van der Waals surface area (Å²) in [5.41, 5.74) is -2.65. The van der Waals surface area contributed by atoms with Gasteiger partial charge < -0.3 is 9.84 Å². The minimum Gasteiger partial charge on any atom is -0.512 e. The quantitative estimate of drug-likeness (QED) is 0.108. The summed E-state index contributed by atoms with van der Waals surface area (Å²) in [6.45, 7) is 6.67. The number of alkyl halides is 17. The van der Waals surface area contributed by atoms with Gasteiger partial charge >= 0.3 is 53.6 Å². The molecule has 0 radical (unpaired) electrons. The molecule has 0 saturated heterocycles. The summed E-state index contributed by atoms with van der Waals surface area (Å²) in [5, 5.41) is 9.53. The van der Waals surface area contributed by atoms with Gasteiger partial charge in [0.25, 0.3) is 0 Å². The Hall–Kier alpha value is -2.18. The number of carbonyl (C=O) groups is 1. The second-order valence-electron chi connectivity index (χ2n) is 10.3. The lowest BCUT2D eigenvalue weighted by molar-refractivity contribution is -0.461. The molecule has 0 bridgehead atoms. The number of aliphatic hydroxyl groups excluding tert-OH is 1. The summed E-state index contributed by atoms with van der Waals surface area (Å²) in [6.07, 6.45) is -11.1. The Labute approximate surface area is 227 Å². The largest absolute Gasteiger partial charge is 0.512 e. The van der Waals surface area contributed by atoms with E-state index in [1.54, 1.807) is 0 Å². The molecule has 1 N–H and O–H groups in total. The minimum absolute atomic E-state index is 0.0243. The maximum Gasteiger partial charge on any atom is 0.460 e. The van der Waals surface area contributed by atoms with E-state index in [1.807, 2.05) is 0 Å². The fourth-order valence-corrected chi connectivity index (χ4v) is 2.96. The smallest absolute Gasteiger partial charge is 0.460 e. The second-order valence-corrected chi connectivity index (χ2v) is 10.3. The Morgan fingerprint density at radius 2 is 0.976 bits per heavy atom. The van der Waals surface area contributed by atoms with Crippen LogP contribution in [0.15, 0.2) is 12.3 Å². The third kappa shape index (κ3) is 6.36. The number of aliphatic hydroxyl groups is 1. The van der Waals surface area contributed by atoms with E-state index in [0.29, 0.717) is 0 Å². The molecule has 1 atom stereocenters. The number of allylic oxidation sites excluding steroid dienone is 1. The number of hydrogen-bond acceptors (Lipinski definition) is 3. The van der Waals surface area contributed by atoms with Crippen molar-refractivity contribution in [2.24, 2.45) is 10.8 Å². The Morgan fingerprint density at radius 1 is 0.619 bits per heavy atom. The van der Waals surface area contributed by atoms with E-state index in [1.165, 1.54) is 20.8 Å². The molecule has 0 aromatic heterocycles. The van der Waals surface area contributed by atoms with Crippen LogP contribution in [-0.2, 0) is 9.53 Å². The van der Waals surface area contributed by atoms with E-state index < -0.39 is 77.5 Å². The van der Waals surface area contributed by atoms with Gasteiger partial charge in [-0.05, 0) is 26.2 Å². The molecule has 0 aliphatic heterocycles. The van der Waals surface area contributed by atoms with Gasteiger partial charge in [-0.25, -0.2) is 0 Å².